The summed E-state index contributed by atoms with van der Waals surface area (Å²) in [6.07, 6.45) is 4.69. The van der Waals surface area contributed by atoms with Crippen LogP contribution in [-0.2, 0) is 10.5 Å². The third-order valence-electron chi connectivity index (χ3n) is 4.69. The lowest BCUT2D eigenvalue weighted by molar-refractivity contribution is 0.0899. The number of benzene rings is 2. The van der Waals surface area contributed by atoms with Crippen molar-refractivity contribution < 1.29 is 9.53 Å². The highest BCUT2D eigenvalue weighted by Crippen LogP contribution is 2.23. The molecule has 0 aromatic heterocycles. The van der Waals surface area contributed by atoms with Gasteiger partial charge in [0.1, 0.15) is 0 Å². The molecular weight excluding hydrogens is 342 g/mol. The quantitative estimate of drug-likeness (QED) is 0.661. The third-order valence-corrected chi connectivity index (χ3v) is 5.77. The second-order valence-corrected chi connectivity index (χ2v) is 7.93. The van der Waals surface area contributed by atoms with E-state index in [1.807, 2.05) is 30.3 Å². The summed E-state index contributed by atoms with van der Waals surface area (Å²) in [5.74, 6) is 0.941. The number of hydrogen-bond acceptors (Lipinski definition) is 3. The number of rotatable bonds is 8. The summed E-state index contributed by atoms with van der Waals surface area (Å²) in [5, 5.41) is 3.10. The first kappa shape index (κ1) is 19.0. The van der Waals surface area contributed by atoms with E-state index in [4.69, 9.17) is 4.74 Å². The lowest BCUT2D eigenvalue weighted by Gasteiger charge is -2.16. The van der Waals surface area contributed by atoms with Crippen molar-refractivity contribution in [2.24, 2.45) is 0 Å². The molecule has 1 aliphatic heterocycles. The van der Waals surface area contributed by atoms with Gasteiger partial charge in [0, 0.05) is 28.9 Å². The number of carbonyl (C=O) groups excluding carboxylic acids is 1. The summed E-state index contributed by atoms with van der Waals surface area (Å²) in [4.78, 5) is 13.6. The number of hydrogen-bond donors (Lipinski definition) is 1. The van der Waals surface area contributed by atoms with Crippen LogP contribution in [0.5, 0.6) is 0 Å². The van der Waals surface area contributed by atoms with Crippen molar-refractivity contribution >= 4 is 17.7 Å². The van der Waals surface area contributed by atoms with Crippen LogP contribution in [-0.4, -0.2) is 24.7 Å². The molecule has 0 radical (unpaired) electrons. The minimum atomic E-state index is 0.00412. The summed E-state index contributed by atoms with van der Waals surface area (Å²) in [7, 11) is 0. The smallest absolute Gasteiger partial charge is 0.251 e. The van der Waals surface area contributed by atoms with Crippen LogP contribution in [0, 0.1) is 0 Å². The number of nitrogens with one attached hydrogen (secondary N) is 1. The average Bonchev–Trinajstić information content (AvgIpc) is 3.19. The Labute approximate surface area is 160 Å². The molecule has 3 rings (SSSR count). The molecule has 1 N–H and O–H groups in total. The molecule has 2 aromatic carbocycles. The molecule has 0 spiro atoms. The van der Waals surface area contributed by atoms with Crippen molar-refractivity contribution in [2.75, 3.05) is 6.61 Å². The Morgan fingerprint density at radius 3 is 2.65 bits per heavy atom. The first-order chi connectivity index (χ1) is 12.7. The van der Waals surface area contributed by atoms with Gasteiger partial charge in [-0.2, -0.15) is 0 Å². The SMILES string of the molecule is CC(CCC1CCCO1)NC(=O)c1ccc(SCc2ccccc2)cc1. The highest BCUT2D eigenvalue weighted by atomic mass is 32.2. The second kappa shape index (κ2) is 9.79. The third kappa shape index (κ3) is 5.89. The van der Waals surface area contributed by atoms with Crippen LogP contribution in [0.1, 0.15) is 48.5 Å². The highest BCUT2D eigenvalue weighted by Gasteiger charge is 2.17. The van der Waals surface area contributed by atoms with Gasteiger partial charge in [-0.1, -0.05) is 30.3 Å². The van der Waals surface area contributed by atoms with Crippen LogP contribution in [0.2, 0.25) is 0 Å². The van der Waals surface area contributed by atoms with Crippen LogP contribution >= 0.6 is 11.8 Å². The molecule has 0 bridgehead atoms. The zero-order valence-corrected chi connectivity index (χ0v) is 16.1. The van der Waals surface area contributed by atoms with Gasteiger partial charge >= 0.3 is 0 Å². The predicted octanol–water partition coefficient (Wildman–Crippen LogP) is 5.06. The van der Waals surface area contributed by atoms with E-state index in [2.05, 4.69) is 36.5 Å². The Balaban J connectivity index is 1.43. The Hall–Kier alpha value is -1.78. The average molecular weight is 370 g/mol. The molecule has 0 saturated carbocycles. The van der Waals surface area contributed by atoms with Crippen LogP contribution in [0.15, 0.2) is 59.5 Å². The molecule has 2 unspecified atom stereocenters. The Morgan fingerprint density at radius 2 is 1.96 bits per heavy atom. The monoisotopic (exact) mass is 369 g/mol. The van der Waals surface area contributed by atoms with Gasteiger partial charge in [-0.05, 0) is 62.4 Å². The molecule has 1 amide bonds. The lowest BCUT2D eigenvalue weighted by atomic mass is 10.1. The van der Waals surface area contributed by atoms with Crippen molar-refractivity contribution in [1.82, 2.24) is 5.32 Å². The van der Waals surface area contributed by atoms with Crippen LogP contribution in [0.25, 0.3) is 0 Å². The fourth-order valence-electron chi connectivity index (χ4n) is 3.13. The van der Waals surface area contributed by atoms with Crippen LogP contribution < -0.4 is 5.32 Å². The molecule has 26 heavy (non-hydrogen) atoms. The van der Waals surface area contributed by atoms with Gasteiger partial charge < -0.3 is 10.1 Å². The molecule has 4 heteroatoms. The zero-order chi connectivity index (χ0) is 18.2. The Kier molecular flexibility index (Phi) is 7.15. The van der Waals surface area contributed by atoms with Crippen molar-refractivity contribution in [3.8, 4) is 0 Å². The van der Waals surface area contributed by atoms with Gasteiger partial charge in [-0.25, -0.2) is 0 Å². The van der Waals surface area contributed by atoms with E-state index in [1.54, 1.807) is 11.8 Å². The van der Waals surface area contributed by atoms with Crippen molar-refractivity contribution in [3.63, 3.8) is 0 Å². The molecule has 3 nitrogen and oxygen atoms in total. The van der Waals surface area contributed by atoms with Gasteiger partial charge in [0.15, 0.2) is 0 Å². The van der Waals surface area contributed by atoms with Crippen molar-refractivity contribution in [1.29, 1.82) is 0 Å². The van der Waals surface area contributed by atoms with Crippen molar-refractivity contribution in [3.05, 3.63) is 65.7 Å². The van der Waals surface area contributed by atoms with E-state index in [0.29, 0.717) is 6.10 Å². The second-order valence-electron chi connectivity index (χ2n) is 6.89. The maximum atomic E-state index is 12.4. The fourth-order valence-corrected chi connectivity index (χ4v) is 3.98. The normalized spacial score (nSPS) is 17.8. The maximum absolute atomic E-state index is 12.4. The van der Waals surface area contributed by atoms with E-state index in [1.165, 1.54) is 16.9 Å². The van der Waals surface area contributed by atoms with Crippen LogP contribution in [0.3, 0.4) is 0 Å². The van der Waals surface area contributed by atoms with E-state index >= 15 is 0 Å². The van der Waals surface area contributed by atoms with Gasteiger partial charge in [-0.15, -0.1) is 11.8 Å². The Morgan fingerprint density at radius 1 is 1.19 bits per heavy atom. The molecule has 2 atom stereocenters. The summed E-state index contributed by atoms with van der Waals surface area (Å²) >= 11 is 1.78. The molecule has 1 heterocycles. The first-order valence-corrected chi connectivity index (χ1v) is 10.4. The number of thioether (sulfide) groups is 1. The lowest BCUT2D eigenvalue weighted by Crippen LogP contribution is -2.33. The van der Waals surface area contributed by atoms with E-state index in [0.717, 1.165) is 37.2 Å². The van der Waals surface area contributed by atoms with Crippen LogP contribution in [0.4, 0.5) is 0 Å². The maximum Gasteiger partial charge on any atom is 0.251 e. The van der Waals surface area contributed by atoms with Gasteiger partial charge in [0.25, 0.3) is 5.91 Å². The topological polar surface area (TPSA) is 38.3 Å². The van der Waals surface area contributed by atoms with E-state index in [-0.39, 0.29) is 11.9 Å². The minimum absolute atomic E-state index is 0.00412. The standard InChI is InChI=1S/C22H27NO2S/c1-17(9-12-20-8-5-15-25-20)23-22(24)19-10-13-21(14-11-19)26-16-18-6-3-2-4-7-18/h2-4,6-7,10-11,13-14,17,20H,5,8-9,12,15-16H2,1H3,(H,23,24). The summed E-state index contributed by atoms with van der Waals surface area (Å²) < 4.78 is 5.65. The Bertz CT molecular complexity index is 681. The first-order valence-electron chi connectivity index (χ1n) is 9.40. The molecule has 1 aliphatic rings. The number of amides is 1. The largest absolute Gasteiger partial charge is 0.378 e. The van der Waals surface area contributed by atoms with E-state index < -0.39 is 0 Å². The predicted molar refractivity (Wildman–Crippen MR) is 108 cm³/mol. The molecule has 1 saturated heterocycles. The molecule has 0 aliphatic carbocycles. The number of ether oxygens (including phenoxy) is 1. The zero-order valence-electron chi connectivity index (χ0n) is 15.3. The number of carbonyl (C=O) groups is 1. The molecular formula is C22H27NO2S. The highest BCUT2D eigenvalue weighted by molar-refractivity contribution is 7.98. The summed E-state index contributed by atoms with van der Waals surface area (Å²) in [6.45, 7) is 2.96. The van der Waals surface area contributed by atoms with E-state index in [9.17, 15) is 4.79 Å². The summed E-state index contributed by atoms with van der Waals surface area (Å²) in [6, 6.07) is 18.5. The van der Waals surface area contributed by atoms with Gasteiger partial charge in [0.05, 0.1) is 6.10 Å². The van der Waals surface area contributed by atoms with Gasteiger partial charge in [-0.3, -0.25) is 4.79 Å². The molecule has 2 aromatic rings. The molecule has 138 valence electrons. The molecule has 1 fully saturated rings. The van der Waals surface area contributed by atoms with Gasteiger partial charge in [0.2, 0.25) is 0 Å². The van der Waals surface area contributed by atoms with Crippen molar-refractivity contribution in [2.45, 2.75) is 55.4 Å². The summed E-state index contributed by atoms with van der Waals surface area (Å²) in [5.41, 5.74) is 2.03. The minimum Gasteiger partial charge on any atom is -0.378 e. The fraction of sp³-hybridized carbons (Fsp3) is 0.409.